The minimum absolute atomic E-state index is 0.236. The van der Waals surface area contributed by atoms with Crippen molar-refractivity contribution in [1.29, 1.82) is 0 Å². The second-order valence-corrected chi connectivity index (χ2v) is 8.67. The zero-order valence-electron chi connectivity index (χ0n) is 15.8. The van der Waals surface area contributed by atoms with Crippen LogP contribution in [0.1, 0.15) is 24.0 Å². The molecule has 1 aliphatic rings. The smallest absolute Gasteiger partial charge is 0.154 e. The maximum absolute atomic E-state index is 14.5. The van der Waals surface area contributed by atoms with Crippen molar-refractivity contribution < 1.29 is 22.3 Å². The van der Waals surface area contributed by atoms with Gasteiger partial charge in [0.15, 0.2) is 11.6 Å². The highest BCUT2D eigenvalue weighted by Gasteiger charge is 2.40. The van der Waals surface area contributed by atoms with Crippen molar-refractivity contribution >= 4 is 22.3 Å². The van der Waals surface area contributed by atoms with Gasteiger partial charge in [-0.3, -0.25) is 9.11 Å². The lowest BCUT2D eigenvalue weighted by atomic mass is 10.1. The molecule has 2 aromatic rings. The highest BCUT2D eigenvalue weighted by Crippen LogP contribution is 2.59. The molecule has 28 heavy (non-hydrogen) atoms. The van der Waals surface area contributed by atoms with Crippen LogP contribution in [-0.4, -0.2) is 33.5 Å². The van der Waals surface area contributed by atoms with Gasteiger partial charge in [-0.25, -0.2) is 17.5 Å². The van der Waals surface area contributed by atoms with Gasteiger partial charge in [-0.2, -0.15) is 4.31 Å². The van der Waals surface area contributed by atoms with Crippen LogP contribution >= 0.6 is 11.0 Å². The minimum atomic E-state index is -3.74. The molecule has 0 radical (unpaired) electrons. The van der Waals surface area contributed by atoms with Crippen molar-refractivity contribution in [3.8, 4) is 0 Å². The molecule has 0 spiro atoms. The summed E-state index contributed by atoms with van der Waals surface area (Å²) in [6.07, 6.45) is 1.47. The van der Waals surface area contributed by atoms with Crippen molar-refractivity contribution in [3.05, 3.63) is 58.9 Å². The SMILES string of the molecule is CNCCCCN1Cc2cc(C)ccc2N(c2c(F)cc(F)cc2F)S1(O)O. The largest absolute Gasteiger partial charge is 0.320 e. The first-order chi connectivity index (χ1) is 13.3. The summed E-state index contributed by atoms with van der Waals surface area (Å²) >= 11 is 0. The van der Waals surface area contributed by atoms with Crippen LogP contribution in [0.5, 0.6) is 0 Å². The third kappa shape index (κ3) is 3.99. The number of hydrogen-bond donors (Lipinski definition) is 3. The average Bonchev–Trinajstić information content (AvgIpc) is 2.60. The molecular weight excluding hydrogens is 391 g/mol. The second-order valence-electron chi connectivity index (χ2n) is 6.81. The van der Waals surface area contributed by atoms with Gasteiger partial charge in [0.2, 0.25) is 0 Å². The molecule has 1 heterocycles. The summed E-state index contributed by atoms with van der Waals surface area (Å²) in [6, 6.07) is 6.24. The van der Waals surface area contributed by atoms with Crippen LogP contribution in [0.4, 0.5) is 24.5 Å². The highest BCUT2D eigenvalue weighted by molar-refractivity contribution is 8.23. The van der Waals surface area contributed by atoms with Gasteiger partial charge in [0, 0.05) is 25.2 Å². The van der Waals surface area contributed by atoms with Crippen LogP contribution in [0, 0.1) is 24.4 Å². The Balaban J connectivity index is 2.08. The maximum atomic E-state index is 14.5. The van der Waals surface area contributed by atoms with E-state index in [-0.39, 0.29) is 6.54 Å². The van der Waals surface area contributed by atoms with E-state index in [0.717, 1.165) is 22.8 Å². The zero-order chi connectivity index (χ0) is 20.5. The Morgan fingerprint density at radius 2 is 1.75 bits per heavy atom. The molecule has 0 saturated carbocycles. The number of aryl methyl sites for hydroxylation is 1. The number of halogens is 3. The van der Waals surface area contributed by atoms with E-state index in [9.17, 15) is 22.3 Å². The highest BCUT2D eigenvalue weighted by atomic mass is 32.3. The first-order valence-electron chi connectivity index (χ1n) is 8.98. The van der Waals surface area contributed by atoms with E-state index in [0.29, 0.717) is 36.3 Å². The molecule has 0 amide bonds. The first-order valence-corrected chi connectivity index (χ1v) is 10.4. The zero-order valence-corrected chi connectivity index (χ0v) is 16.6. The van der Waals surface area contributed by atoms with E-state index >= 15 is 0 Å². The van der Waals surface area contributed by atoms with E-state index in [1.165, 1.54) is 4.31 Å². The molecule has 9 heteroatoms. The molecule has 0 unspecified atom stereocenters. The fourth-order valence-electron chi connectivity index (χ4n) is 3.33. The lowest BCUT2D eigenvalue weighted by Gasteiger charge is -2.54. The van der Waals surface area contributed by atoms with Gasteiger partial charge < -0.3 is 5.32 Å². The summed E-state index contributed by atoms with van der Waals surface area (Å²) in [5, 5.41) is 3.02. The monoisotopic (exact) mass is 415 g/mol. The van der Waals surface area contributed by atoms with Gasteiger partial charge in [-0.05, 0) is 55.9 Å². The lowest BCUT2D eigenvalue weighted by molar-refractivity contribution is 0.329. The van der Waals surface area contributed by atoms with Gasteiger partial charge in [-0.15, -0.1) is 0 Å². The molecule has 1 aliphatic heterocycles. The number of nitrogens with one attached hydrogen (secondary N) is 1. The molecule has 0 saturated heterocycles. The molecule has 5 nitrogen and oxygen atoms in total. The number of anilines is 2. The standard InChI is InChI=1S/C19H24F3N3O2S/c1-13-5-6-18-14(9-13)12-24(8-4-3-7-23-2)28(26,27)25(18)19-16(21)10-15(20)11-17(19)22/h5-6,9-11,23,26-27H,3-4,7-8,12H2,1-2H3. The average molecular weight is 415 g/mol. The summed E-state index contributed by atoms with van der Waals surface area (Å²) in [7, 11) is -1.92. The molecule has 3 N–H and O–H groups in total. The summed E-state index contributed by atoms with van der Waals surface area (Å²) in [4.78, 5) is 0. The van der Waals surface area contributed by atoms with Gasteiger partial charge in [-0.1, -0.05) is 17.7 Å². The number of fused-ring (bicyclic) bond motifs is 1. The fraction of sp³-hybridized carbons (Fsp3) is 0.368. The van der Waals surface area contributed by atoms with Gasteiger partial charge in [0.1, 0.15) is 11.5 Å². The molecule has 3 rings (SSSR count). The molecule has 0 fully saturated rings. The van der Waals surface area contributed by atoms with E-state index in [4.69, 9.17) is 0 Å². The fourth-order valence-corrected chi connectivity index (χ4v) is 5.10. The molecular formula is C19H24F3N3O2S. The second kappa shape index (κ2) is 8.30. The maximum Gasteiger partial charge on any atom is 0.154 e. The Morgan fingerprint density at radius 3 is 2.39 bits per heavy atom. The first kappa shape index (κ1) is 20.9. The lowest BCUT2D eigenvalue weighted by Crippen LogP contribution is -2.42. The Morgan fingerprint density at radius 1 is 1.07 bits per heavy atom. The van der Waals surface area contributed by atoms with Crippen LogP contribution in [0.2, 0.25) is 0 Å². The van der Waals surface area contributed by atoms with E-state index < -0.39 is 34.1 Å². The normalized spacial score (nSPS) is 17.5. The Kier molecular flexibility index (Phi) is 6.21. The number of unbranched alkanes of at least 4 members (excludes halogenated alkanes) is 1. The number of hydrogen-bond acceptors (Lipinski definition) is 5. The molecule has 0 atom stereocenters. The van der Waals surface area contributed by atoms with E-state index in [1.54, 1.807) is 12.1 Å². The van der Waals surface area contributed by atoms with Crippen LogP contribution < -0.4 is 9.62 Å². The Bertz CT molecular complexity index is 843. The summed E-state index contributed by atoms with van der Waals surface area (Å²) in [6.45, 7) is 3.22. The molecule has 154 valence electrons. The number of rotatable bonds is 6. The minimum Gasteiger partial charge on any atom is -0.320 e. The topological polar surface area (TPSA) is 59.0 Å². The number of nitrogens with zero attached hydrogens (tertiary/aromatic N) is 2. The van der Waals surface area contributed by atoms with Gasteiger partial charge >= 0.3 is 0 Å². The van der Waals surface area contributed by atoms with Crippen LogP contribution in [-0.2, 0) is 6.54 Å². The van der Waals surface area contributed by atoms with Crippen molar-refractivity contribution in [3.63, 3.8) is 0 Å². The number of benzene rings is 2. The summed E-state index contributed by atoms with van der Waals surface area (Å²) in [5.74, 6) is -3.46. The molecule has 0 aliphatic carbocycles. The van der Waals surface area contributed by atoms with Gasteiger partial charge in [0.05, 0.1) is 5.69 Å². The summed E-state index contributed by atoms with van der Waals surface area (Å²) < 4.78 is 66.7. The van der Waals surface area contributed by atoms with Crippen molar-refractivity contribution in [2.24, 2.45) is 0 Å². The third-order valence-corrected chi connectivity index (χ3v) is 6.53. The van der Waals surface area contributed by atoms with Crippen LogP contribution in [0.3, 0.4) is 0 Å². The van der Waals surface area contributed by atoms with Crippen LogP contribution in [0.25, 0.3) is 0 Å². The third-order valence-electron chi connectivity index (χ3n) is 4.66. The quantitative estimate of drug-likeness (QED) is 0.583. The van der Waals surface area contributed by atoms with Crippen LogP contribution in [0.15, 0.2) is 30.3 Å². The van der Waals surface area contributed by atoms with Crippen molar-refractivity contribution in [2.45, 2.75) is 26.3 Å². The predicted octanol–water partition coefficient (Wildman–Crippen LogP) is 4.95. The predicted molar refractivity (Wildman–Crippen MR) is 106 cm³/mol. The van der Waals surface area contributed by atoms with Gasteiger partial charge in [0.25, 0.3) is 0 Å². The van der Waals surface area contributed by atoms with E-state index in [2.05, 4.69) is 5.32 Å². The van der Waals surface area contributed by atoms with E-state index in [1.807, 2.05) is 20.0 Å². The van der Waals surface area contributed by atoms with Crippen molar-refractivity contribution in [2.75, 3.05) is 24.4 Å². The molecule has 0 bridgehead atoms. The Hall–Kier alpha value is -1.78. The molecule has 0 aromatic heterocycles. The Labute approximate surface area is 164 Å². The molecule has 2 aromatic carbocycles. The van der Waals surface area contributed by atoms with Crippen molar-refractivity contribution in [1.82, 2.24) is 9.62 Å². The summed E-state index contributed by atoms with van der Waals surface area (Å²) in [5.41, 5.74) is 1.27.